The van der Waals surface area contributed by atoms with Crippen molar-refractivity contribution in [3.05, 3.63) is 41.0 Å². The molecule has 1 fully saturated rings. The largest absolute Gasteiger partial charge is 0.478 e. The monoisotopic (exact) mass is 259 g/mol. The number of allylic oxidation sites excluding steroid dienone is 1. The van der Waals surface area contributed by atoms with Crippen molar-refractivity contribution in [2.24, 2.45) is 0 Å². The van der Waals surface area contributed by atoms with Crippen LogP contribution in [0.5, 0.6) is 0 Å². The van der Waals surface area contributed by atoms with Gasteiger partial charge in [-0.2, -0.15) is 0 Å². The van der Waals surface area contributed by atoms with E-state index in [-0.39, 0.29) is 0 Å². The lowest BCUT2D eigenvalue weighted by atomic mass is 9.90. The van der Waals surface area contributed by atoms with Gasteiger partial charge in [-0.25, -0.2) is 4.79 Å². The van der Waals surface area contributed by atoms with Crippen LogP contribution in [0, 0.1) is 13.8 Å². The molecule has 1 aliphatic carbocycles. The number of nitrogens with one attached hydrogen (secondary N) is 1. The number of rotatable bonds is 3. The van der Waals surface area contributed by atoms with Gasteiger partial charge >= 0.3 is 5.97 Å². The van der Waals surface area contributed by atoms with Gasteiger partial charge in [-0.15, -0.1) is 0 Å². The van der Waals surface area contributed by atoms with Crippen molar-refractivity contribution in [1.29, 1.82) is 0 Å². The summed E-state index contributed by atoms with van der Waals surface area (Å²) in [6.45, 7) is 4.26. The summed E-state index contributed by atoms with van der Waals surface area (Å²) >= 11 is 0. The number of carboxylic acids is 1. The Morgan fingerprint density at radius 3 is 2.63 bits per heavy atom. The highest BCUT2D eigenvalue weighted by molar-refractivity contribution is 5.80. The van der Waals surface area contributed by atoms with Gasteiger partial charge in [-0.05, 0) is 56.7 Å². The van der Waals surface area contributed by atoms with Crippen molar-refractivity contribution in [2.45, 2.75) is 45.6 Å². The Labute approximate surface area is 114 Å². The summed E-state index contributed by atoms with van der Waals surface area (Å²) in [6, 6.07) is 6.76. The average Bonchev–Trinajstić information content (AvgIpc) is 2.37. The summed E-state index contributed by atoms with van der Waals surface area (Å²) < 4.78 is 0. The van der Waals surface area contributed by atoms with Crippen LogP contribution in [0.4, 0.5) is 5.69 Å². The molecule has 3 nitrogen and oxygen atoms in total. The Hall–Kier alpha value is -1.77. The lowest BCUT2D eigenvalue weighted by Crippen LogP contribution is -2.24. The Balaban J connectivity index is 1.96. The van der Waals surface area contributed by atoms with E-state index >= 15 is 0 Å². The lowest BCUT2D eigenvalue weighted by Gasteiger charge is -2.26. The quantitative estimate of drug-likeness (QED) is 0.814. The zero-order chi connectivity index (χ0) is 13.8. The number of aryl methyl sites for hydroxylation is 1. The third kappa shape index (κ3) is 3.60. The molecule has 0 aliphatic heterocycles. The van der Waals surface area contributed by atoms with Gasteiger partial charge < -0.3 is 10.4 Å². The number of carboxylic acid groups (broad SMARTS) is 1. The first kappa shape index (κ1) is 13.7. The molecule has 0 heterocycles. The molecule has 0 atom stereocenters. The summed E-state index contributed by atoms with van der Waals surface area (Å²) in [4.78, 5) is 10.6. The van der Waals surface area contributed by atoms with Gasteiger partial charge in [0.05, 0.1) is 0 Å². The van der Waals surface area contributed by atoms with Crippen LogP contribution in [0.15, 0.2) is 29.8 Å². The zero-order valence-electron chi connectivity index (χ0n) is 11.6. The maximum atomic E-state index is 10.6. The number of anilines is 1. The normalized spacial score (nSPS) is 19.1. The summed E-state index contributed by atoms with van der Waals surface area (Å²) in [5.74, 6) is -0.823. The van der Waals surface area contributed by atoms with E-state index in [2.05, 4.69) is 37.4 Å². The molecule has 0 spiro atoms. The second kappa shape index (κ2) is 5.91. The second-order valence-corrected chi connectivity index (χ2v) is 5.31. The number of aliphatic carboxylic acids is 1. The first-order chi connectivity index (χ1) is 9.06. The Bertz CT molecular complexity index is 495. The van der Waals surface area contributed by atoms with Crippen LogP contribution in [0.3, 0.4) is 0 Å². The van der Waals surface area contributed by atoms with Crippen molar-refractivity contribution >= 4 is 11.7 Å². The molecule has 1 aromatic carbocycles. The standard InChI is InChI=1S/C16H21NO2/c1-11-4-3-5-15(12(11)2)17-14-8-6-13(7-9-14)10-16(18)19/h3-5,10,14,17H,6-9H2,1-2H3,(H,18,19). The molecule has 0 saturated heterocycles. The van der Waals surface area contributed by atoms with Crippen LogP contribution in [0.25, 0.3) is 0 Å². The topological polar surface area (TPSA) is 49.3 Å². The van der Waals surface area contributed by atoms with Crippen LogP contribution in [0.1, 0.15) is 36.8 Å². The Morgan fingerprint density at radius 2 is 2.00 bits per heavy atom. The molecule has 0 unspecified atom stereocenters. The molecule has 2 N–H and O–H groups in total. The first-order valence-electron chi connectivity index (χ1n) is 6.81. The van der Waals surface area contributed by atoms with Crippen LogP contribution in [-0.4, -0.2) is 17.1 Å². The predicted octanol–water partition coefficient (Wildman–Crippen LogP) is 3.67. The molecule has 102 valence electrons. The van der Waals surface area contributed by atoms with E-state index in [1.54, 1.807) is 0 Å². The smallest absolute Gasteiger partial charge is 0.328 e. The maximum absolute atomic E-state index is 10.6. The molecule has 0 amide bonds. The fourth-order valence-corrected chi connectivity index (χ4v) is 2.58. The van der Waals surface area contributed by atoms with Crippen LogP contribution < -0.4 is 5.32 Å². The van der Waals surface area contributed by atoms with Gasteiger partial charge in [0.15, 0.2) is 0 Å². The van der Waals surface area contributed by atoms with Crippen LogP contribution in [-0.2, 0) is 4.79 Å². The minimum Gasteiger partial charge on any atom is -0.478 e. The highest BCUT2D eigenvalue weighted by Gasteiger charge is 2.17. The van der Waals surface area contributed by atoms with Crippen molar-refractivity contribution in [3.63, 3.8) is 0 Å². The van der Waals surface area contributed by atoms with Crippen LogP contribution >= 0.6 is 0 Å². The molecule has 2 rings (SSSR count). The van der Waals surface area contributed by atoms with E-state index in [1.165, 1.54) is 22.9 Å². The summed E-state index contributed by atoms with van der Waals surface area (Å²) in [6.07, 6.45) is 5.15. The lowest BCUT2D eigenvalue weighted by molar-refractivity contribution is -0.131. The van der Waals surface area contributed by atoms with Gasteiger partial charge in [-0.3, -0.25) is 0 Å². The van der Waals surface area contributed by atoms with Gasteiger partial charge in [0.2, 0.25) is 0 Å². The Morgan fingerprint density at radius 1 is 1.32 bits per heavy atom. The van der Waals surface area contributed by atoms with E-state index in [0.717, 1.165) is 31.3 Å². The van der Waals surface area contributed by atoms with Crippen molar-refractivity contribution in [3.8, 4) is 0 Å². The highest BCUT2D eigenvalue weighted by atomic mass is 16.4. The second-order valence-electron chi connectivity index (χ2n) is 5.31. The highest BCUT2D eigenvalue weighted by Crippen LogP contribution is 2.27. The Kier molecular flexibility index (Phi) is 4.25. The molecule has 1 aromatic rings. The molecular weight excluding hydrogens is 238 g/mol. The molecule has 19 heavy (non-hydrogen) atoms. The van der Waals surface area contributed by atoms with Gasteiger partial charge in [0.25, 0.3) is 0 Å². The van der Waals surface area contributed by atoms with Gasteiger partial charge in [0.1, 0.15) is 0 Å². The van der Waals surface area contributed by atoms with E-state index in [1.807, 2.05) is 0 Å². The molecule has 0 radical (unpaired) electrons. The summed E-state index contributed by atoms with van der Waals surface area (Å²) in [5.41, 5.74) is 4.86. The molecule has 1 saturated carbocycles. The number of hydrogen-bond donors (Lipinski definition) is 2. The zero-order valence-corrected chi connectivity index (χ0v) is 11.6. The summed E-state index contributed by atoms with van der Waals surface area (Å²) in [5, 5.41) is 12.3. The molecular formula is C16H21NO2. The van der Waals surface area contributed by atoms with Gasteiger partial charge in [-0.1, -0.05) is 17.7 Å². The maximum Gasteiger partial charge on any atom is 0.328 e. The average molecular weight is 259 g/mol. The number of carbonyl (C=O) groups is 1. The molecule has 3 heteroatoms. The minimum absolute atomic E-state index is 0.450. The van der Waals surface area contributed by atoms with Crippen LogP contribution in [0.2, 0.25) is 0 Å². The SMILES string of the molecule is Cc1cccc(NC2CCC(=CC(=O)O)CC2)c1C. The third-order valence-corrected chi connectivity index (χ3v) is 3.92. The van der Waals surface area contributed by atoms with Crippen molar-refractivity contribution in [1.82, 2.24) is 0 Å². The number of benzene rings is 1. The van der Waals surface area contributed by atoms with Crippen molar-refractivity contribution in [2.75, 3.05) is 5.32 Å². The summed E-state index contributed by atoms with van der Waals surface area (Å²) in [7, 11) is 0. The fraction of sp³-hybridized carbons (Fsp3) is 0.438. The third-order valence-electron chi connectivity index (χ3n) is 3.92. The van der Waals surface area contributed by atoms with E-state index in [0.29, 0.717) is 6.04 Å². The molecule has 0 bridgehead atoms. The predicted molar refractivity (Wildman–Crippen MR) is 77.5 cm³/mol. The fourth-order valence-electron chi connectivity index (χ4n) is 2.58. The first-order valence-corrected chi connectivity index (χ1v) is 6.81. The van der Waals surface area contributed by atoms with E-state index in [4.69, 9.17) is 5.11 Å². The number of hydrogen-bond acceptors (Lipinski definition) is 2. The minimum atomic E-state index is -0.823. The van der Waals surface area contributed by atoms with Crippen molar-refractivity contribution < 1.29 is 9.90 Å². The van der Waals surface area contributed by atoms with E-state index in [9.17, 15) is 4.79 Å². The molecule has 0 aromatic heterocycles. The van der Waals surface area contributed by atoms with Gasteiger partial charge in [0, 0.05) is 17.8 Å². The van der Waals surface area contributed by atoms with E-state index < -0.39 is 5.97 Å². The molecule has 1 aliphatic rings.